The second kappa shape index (κ2) is 9.56. The monoisotopic (exact) mass is 292 g/mol. The van der Waals surface area contributed by atoms with Crippen molar-refractivity contribution in [2.45, 2.75) is 58.1 Å². The van der Waals surface area contributed by atoms with Gasteiger partial charge < -0.3 is 15.4 Å². The highest BCUT2D eigenvalue weighted by atomic mass is 35.5. The second-order valence-electron chi connectivity index (χ2n) is 5.69. The third kappa shape index (κ3) is 7.14. The van der Waals surface area contributed by atoms with Crippen molar-refractivity contribution in [3.05, 3.63) is 0 Å². The van der Waals surface area contributed by atoms with Crippen LogP contribution in [0.3, 0.4) is 0 Å². The van der Waals surface area contributed by atoms with E-state index in [-0.39, 0.29) is 24.4 Å². The molecule has 0 aliphatic carbocycles. The first-order valence-corrected chi connectivity index (χ1v) is 7.12. The van der Waals surface area contributed by atoms with E-state index >= 15 is 0 Å². The molecule has 1 heterocycles. The maximum absolute atomic E-state index is 11.9. The number of hydrogen-bond donors (Lipinski definition) is 1. The molecule has 0 radical (unpaired) electrons. The van der Waals surface area contributed by atoms with Crippen molar-refractivity contribution < 1.29 is 9.53 Å². The van der Waals surface area contributed by atoms with Gasteiger partial charge >= 0.3 is 0 Å². The molecule has 1 aliphatic heterocycles. The molecule has 0 aromatic rings. The summed E-state index contributed by atoms with van der Waals surface area (Å²) in [7, 11) is 1.87. The van der Waals surface area contributed by atoms with E-state index in [4.69, 9.17) is 10.5 Å². The molecule has 0 spiro atoms. The third-order valence-corrected chi connectivity index (χ3v) is 3.78. The molecule has 19 heavy (non-hydrogen) atoms. The van der Waals surface area contributed by atoms with Gasteiger partial charge in [-0.1, -0.05) is 13.8 Å². The molecular formula is C14H29ClN2O2. The Morgan fingerprint density at radius 3 is 2.68 bits per heavy atom. The molecule has 1 amide bonds. The number of amides is 1. The lowest BCUT2D eigenvalue weighted by Gasteiger charge is -2.22. The highest BCUT2D eigenvalue weighted by Crippen LogP contribution is 2.17. The summed E-state index contributed by atoms with van der Waals surface area (Å²) in [5, 5.41) is 0. The van der Waals surface area contributed by atoms with Gasteiger partial charge in [-0.25, -0.2) is 0 Å². The molecule has 0 aromatic carbocycles. The highest BCUT2D eigenvalue weighted by molar-refractivity contribution is 5.85. The Morgan fingerprint density at radius 1 is 1.47 bits per heavy atom. The van der Waals surface area contributed by atoms with E-state index in [1.165, 1.54) is 0 Å². The van der Waals surface area contributed by atoms with Gasteiger partial charge in [-0.3, -0.25) is 4.79 Å². The first-order chi connectivity index (χ1) is 8.50. The molecule has 1 fully saturated rings. The summed E-state index contributed by atoms with van der Waals surface area (Å²) < 4.78 is 5.52. The fraction of sp³-hybridized carbons (Fsp3) is 0.929. The van der Waals surface area contributed by atoms with Crippen LogP contribution in [-0.2, 0) is 9.53 Å². The highest BCUT2D eigenvalue weighted by Gasteiger charge is 2.18. The second-order valence-corrected chi connectivity index (χ2v) is 5.69. The van der Waals surface area contributed by atoms with Crippen molar-refractivity contribution in [3.8, 4) is 0 Å². The average Bonchev–Trinajstić information content (AvgIpc) is 2.85. The van der Waals surface area contributed by atoms with Crippen molar-refractivity contribution in [1.29, 1.82) is 0 Å². The van der Waals surface area contributed by atoms with Crippen LogP contribution in [0.2, 0.25) is 0 Å². The number of nitrogens with two attached hydrogens (primary N) is 1. The Hall–Kier alpha value is -0.320. The van der Waals surface area contributed by atoms with Crippen molar-refractivity contribution in [1.82, 2.24) is 4.90 Å². The molecule has 1 saturated heterocycles. The van der Waals surface area contributed by atoms with Crippen LogP contribution in [0, 0.1) is 5.92 Å². The van der Waals surface area contributed by atoms with Crippen LogP contribution in [-0.4, -0.2) is 43.2 Å². The molecule has 0 saturated carbocycles. The van der Waals surface area contributed by atoms with Crippen LogP contribution >= 0.6 is 12.4 Å². The van der Waals surface area contributed by atoms with E-state index in [2.05, 4.69) is 13.8 Å². The summed E-state index contributed by atoms with van der Waals surface area (Å²) in [6, 6.07) is 0.179. The van der Waals surface area contributed by atoms with Gasteiger partial charge in [0.25, 0.3) is 0 Å². The minimum atomic E-state index is 0. The van der Waals surface area contributed by atoms with Crippen LogP contribution in [0.1, 0.15) is 46.0 Å². The van der Waals surface area contributed by atoms with Crippen LogP contribution in [0.25, 0.3) is 0 Å². The van der Waals surface area contributed by atoms with Crippen LogP contribution in [0.4, 0.5) is 0 Å². The molecule has 2 atom stereocenters. The number of nitrogens with zero attached hydrogens (tertiary/aromatic N) is 1. The minimum absolute atomic E-state index is 0. The zero-order valence-electron chi connectivity index (χ0n) is 12.4. The number of rotatable bonds is 7. The zero-order chi connectivity index (χ0) is 13.5. The third-order valence-electron chi connectivity index (χ3n) is 3.78. The molecule has 5 heteroatoms. The zero-order valence-corrected chi connectivity index (χ0v) is 13.2. The van der Waals surface area contributed by atoms with Crippen molar-refractivity contribution in [2.24, 2.45) is 11.7 Å². The Labute approximate surface area is 123 Å². The lowest BCUT2D eigenvalue weighted by Crippen LogP contribution is -2.34. The van der Waals surface area contributed by atoms with E-state index < -0.39 is 0 Å². The van der Waals surface area contributed by atoms with Gasteiger partial charge in [0, 0.05) is 32.7 Å². The maximum atomic E-state index is 11.9. The lowest BCUT2D eigenvalue weighted by molar-refractivity contribution is -0.130. The molecule has 1 rings (SSSR count). The summed E-state index contributed by atoms with van der Waals surface area (Å²) in [5.41, 5.74) is 5.98. The smallest absolute Gasteiger partial charge is 0.222 e. The SMILES string of the molecule is CC(C)C(N)CCN(C)C(=O)CCC1CCCO1.Cl. The summed E-state index contributed by atoms with van der Waals surface area (Å²) in [4.78, 5) is 13.7. The quantitative estimate of drug-likeness (QED) is 0.783. The Balaban J connectivity index is 0.00000324. The van der Waals surface area contributed by atoms with Crippen molar-refractivity contribution in [3.63, 3.8) is 0 Å². The van der Waals surface area contributed by atoms with E-state index in [9.17, 15) is 4.79 Å². The molecular weight excluding hydrogens is 264 g/mol. The Kier molecular flexibility index (Phi) is 9.40. The Morgan fingerprint density at radius 2 is 2.16 bits per heavy atom. The lowest BCUT2D eigenvalue weighted by atomic mass is 10.0. The number of carbonyl (C=O) groups excluding carboxylic acids is 1. The molecule has 0 aromatic heterocycles. The summed E-state index contributed by atoms with van der Waals surface area (Å²) in [6.07, 6.45) is 4.88. The molecule has 1 aliphatic rings. The predicted molar refractivity (Wildman–Crippen MR) is 80.5 cm³/mol. The first-order valence-electron chi connectivity index (χ1n) is 7.12. The number of ether oxygens (including phenoxy) is 1. The molecule has 0 bridgehead atoms. The van der Waals surface area contributed by atoms with Gasteiger partial charge in [-0.2, -0.15) is 0 Å². The normalized spacial score (nSPS) is 20.2. The van der Waals surface area contributed by atoms with Gasteiger partial charge in [0.2, 0.25) is 5.91 Å². The van der Waals surface area contributed by atoms with Crippen LogP contribution in [0.15, 0.2) is 0 Å². The van der Waals surface area contributed by atoms with E-state index in [0.717, 1.165) is 38.8 Å². The van der Waals surface area contributed by atoms with Gasteiger partial charge in [0.05, 0.1) is 6.10 Å². The number of hydrogen-bond acceptors (Lipinski definition) is 3. The maximum Gasteiger partial charge on any atom is 0.222 e. The molecule has 4 nitrogen and oxygen atoms in total. The summed E-state index contributed by atoms with van der Waals surface area (Å²) in [5.74, 6) is 0.682. The molecule has 2 N–H and O–H groups in total. The largest absolute Gasteiger partial charge is 0.378 e. The molecule has 2 unspecified atom stereocenters. The van der Waals surface area contributed by atoms with Gasteiger partial charge in [-0.15, -0.1) is 12.4 Å². The molecule has 114 valence electrons. The fourth-order valence-electron chi connectivity index (χ4n) is 2.15. The standard InChI is InChI=1S/C14H28N2O2.ClH/c1-11(2)13(15)8-9-16(3)14(17)7-6-12-5-4-10-18-12;/h11-13H,4-10,15H2,1-3H3;1H. The van der Waals surface area contributed by atoms with Crippen molar-refractivity contribution >= 4 is 18.3 Å². The van der Waals surface area contributed by atoms with Crippen LogP contribution < -0.4 is 5.73 Å². The van der Waals surface area contributed by atoms with Gasteiger partial charge in [0.1, 0.15) is 0 Å². The topological polar surface area (TPSA) is 55.6 Å². The summed E-state index contributed by atoms with van der Waals surface area (Å²) in [6.45, 7) is 5.84. The Bertz CT molecular complexity index is 256. The van der Waals surface area contributed by atoms with Crippen LogP contribution in [0.5, 0.6) is 0 Å². The van der Waals surface area contributed by atoms with E-state index in [0.29, 0.717) is 18.4 Å². The van der Waals surface area contributed by atoms with Gasteiger partial charge in [0.15, 0.2) is 0 Å². The van der Waals surface area contributed by atoms with Gasteiger partial charge in [-0.05, 0) is 31.6 Å². The number of carbonyl (C=O) groups is 1. The first kappa shape index (κ1) is 18.7. The summed E-state index contributed by atoms with van der Waals surface area (Å²) >= 11 is 0. The van der Waals surface area contributed by atoms with E-state index in [1.807, 2.05) is 7.05 Å². The van der Waals surface area contributed by atoms with Crippen molar-refractivity contribution in [2.75, 3.05) is 20.2 Å². The minimum Gasteiger partial charge on any atom is -0.378 e. The average molecular weight is 293 g/mol. The number of halogens is 1. The fourth-order valence-corrected chi connectivity index (χ4v) is 2.15. The predicted octanol–water partition coefficient (Wildman–Crippen LogP) is 2.20. The van der Waals surface area contributed by atoms with E-state index in [1.54, 1.807) is 4.90 Å².